The van der Waals surface area contributed by atoms with Crippen LogP contribution >= 0.6 is 11.6 Å². The first kappa shape index (κ1) is 26.0. The standard InChI is InChI=1S/C20H21ClF4N6O2/c1-28-18(33)14(26)9-16(27)30-19(29-15-7-6-12(22)8-13(15)21)31-17(32)10-2-4-11(5-3-10)20(23,24)25/h2-8,14,16H,9,26-27H2,1H3,(H,28,33)(H2,29,30,31,32). The summed E-state index contributed by atoms with van der Waals surface area (Å²) < 4.78 is 51.6. The summed E-state index contributed by atoms with van der Waals surface area (Å²) in [6.45, 7) is 0. The fraction of sp³-hybridized carbons (Fsp3) is 0.250. The number of hydrogen-bond acceptors (Lipinski definition) is 5. The van der Waals surface area contributed by atoms with Gasteiger partial charge in [0.15, 0.2) is 0 Å². The van der Waals surface area contributed by atoms with Crippen molar-refractivity contribution in [2.24, 2.45) is 16.5 Å². The molecule has 0 radical (unpaired) electrons. The van der Waals surface area contributed by atoms with E-state index < -0.39 is 41.6 Å². The minimum atomic E-state index is -4.56. The van der Waals surface area contributed by atoms with Crippen molar-refractivity contribution in [3.8, 4) is 0 Å². The third-order valence-corrected chi connectivity index (χ3v) is 4.58. The second-order valence-corrected chi connectivity index (χ2v) is 7.19. The van der Waals surface area contributed by atoms with Gasteiger partial charge in [-0.2, -0.15) is 13.2 Å². The fourth-order valence-corrected chi connectivity index (χ4v) is 2.79. The van der Waals surface area contributed by atoms with Crippen molar-refractivity contribution >= 4 is 35.1 Å². The summed E-state index contributed by atoms with van der Waals surface area (Å²) >= 11 is 5.99. The van der Waals surface area contributed by atoms with Crippen LogP contribution in [-0.4, -0.2) is 37.0 Å². The smallest absolute Gasteiger partial charge is 0.358 e. The number of likely N-dealkylation sites (N-methyl/N-ethyl adjacent to an activating group) is 1. The lowest BCUT2D eigenvalue weighted by Gasteiger charge is -2.17. The van der Waals surface area contributed by atoms with Crippen molar-refractivity contribution in [3.05, 3.63) is 64.4 Å². The summed E-state index contributed by atoms with van der Waals surface area (Å²) in [4.78, 5) is 28.2. The van der Waals surface area contributed by atoms with Crippen molar-refractivity contribution in [2.45, 2.75) is 24.8 Å². The minimum Gasteiger partial charge on any atom is -0.358 e. The van der Waals surface area contributed by atoms with E-state index in [9.17, 15) is 27.2 Å². The van der Waals surface area contributed by atoms with Gasteiger partial charge in [0.1, 0.15) is 12.0 Å². The molecule has 0 aliphatic rings. The number of guanidine groups is 1. The zero-order valence-corrected chi connectivity index (χ0v) is 18.0. The van der Waals surface area contributed by atoms with Crippen molar-refractivity contribution < 1.29 is 27.2 Å². The van der Waals surface area contributed by atoms with Crippen LogP contribution in [0.5, 0.6) is 0 Å². The van der Waals surface area contributed by atoms with Gasteiger partial charge in [0, 0.05) is 19.0 Å². The van der Waals surface area contributed by atoms with Crippen molar-refractivity contribution in [2.75, 3.05) is 12.4 Å². The van der Waals surface area contributed by atoms with Crippen molar-refractivity contribution in [3.63, 3.8) is 0 Å². The lowest BCUT2D eigenvalue weighted by Crippen LogP contribution is -2.44. The predicted molar refractivity (Wildman–Crippen MR) is 116 cm³/mol. The Kier molecular flexibility index (Phi) is 8.74. The van der Waals surface area contributed by atoms with E-state index in [1.807, 2.05) is 0 Å². The molecule has 2 atom stereocenters. The SMILES string of the molecule is CNC(=O)C(N)CC(N)N=C(NC(=O)c1ccc(C(F)(F)F)cc1)Nc1ccc(F)cc1Cl. The fourth-order valence-electron chi connectivity index (χ4n) is 2.58. The number of aliphatic imine (C=N–C) groups is 1. The van der Waals surface area contributed by atoms with Crippen LogP contribution in [0.15, 0.2) is 47.5 Å². The van der Waals surface area contributed by atoms with E-state index in [-0.39, 0.29) is 28.7 Å². The third-order valence-electron chi connectivity index (χ3n) is 4.26. The Morgan fingerprint density at radius 2 is 1.76 bits per heavy atom. The van der Waals surface area contributed by atoms with Gasteiger partial charge in [0.05, 0.1) is 22.3 Å². The van der Waals surface area contributed by atoms with Gasteiger partial charge in [-0.15, -0.1) is 0 Å². The number of anilines is 1. The molecular formula is C20H21ClF4N6O2. The van der Waals surface area contributed by atoms with E-state index in [2.05, 4.69) is 20.9 Å². The average Bonchev–Trinajstić information content (AvgIpc) is 2.74. The van der Waals surface area contributed by atoms with Crippen LogP contribution in [0.2, 0.25) is 5.02 Å². The molecule has 0 bridgehead atoms. The average molecular weight is 489 g/mol. The molecular weight excluding hydrogens is 468 g/mol. The number of nitrogens with one attached hydrogen (secondary N) is 3. The molecule has 7 N–H and O–H groups in total. The van der Waals surface area contributed by atoms with Gasteiger partial charge >= 0.3 is 6.18 Å². The quantitative estimate of drug-likeness (QED) is 0.242. The summed E-state index contributed by atoms with van der Waals surface area (Å²) in [5.74, 6) is -2.14. The van der Waals surface area contributed by atoms with E-state index in [1.165, 1.54) is 13.1 Å². The van der Waals surface area contributed by atoms with Gasteiger partial charge in [-0.3, -0.25) is 14.9 Å². The van der Waals surface area contributed by atoms with E-state index >= 15 is 0 Å². The highest BCUT2D eigenvalue weighted by Gasteiger charge is 2.30. The molecule has 2 aromatic rings. The minimum absolute atomic E-state index is 0.0397. The number of alkyl halides is 3. The lowest BCUT2D eigenvalue weighted by molar-refractivity contribution is -0.137. The molecule has 0 heterocycles. The molecule has 0 aromatic heterocycles. The van der Waals surface area contributed by atoms with Crippen LogP contribution in [0.3, 0.4) is 0 Å². The Hall–Kier alpha value is -3.22. The van der Waals surface area contributed by atoms with Gasteiger partial charge in [-0.1, -0.05) is 11.6 Å². The number of rotatable bonds is 6. The Balaban J connectivity index is 2.27. The lowest BCUT2D eigenvalue weighted by atomic mass is 10.1. The van der Waals surface area contributed by atoms with Gasteiger partial charge < -0.3 is 22.1 Å². The van der Waals surface area contributed by atoms with Gasteiger partial charge in [-0.25, -0.2) is 9.38 Å². The Morgan fingerprint density at radius 1 is 1.12 bits per heavy atom. The first-order chi connectivity index (χ1) is 15.4. The number of carbonyl (C=O) groups is 2. The second-order valence-electron chi connectivity index (χ2n) is 6.78. The van der Waals surface area contributed by atoms with E-state index in [0.29, 0.717) is 0 Å². The molecule has 2 rings (SSSR count). The Morgan fingerprint density at radius 3 is 2.30 bits per heavy atom. The Labute approximate surface area is 191 Å². The van der Waals surface area contributed by atoms with Crippen LogP contribution in [0.1, 0.15) is 22.3 Å². The van der Waals surface area contributed by atoms with Crippen LogP contribution in [0, 0.1) is 5.82 Å². The molecule has 178 valence electrons. The monoisotopic (exact) mass is 488 g/mol. The molecule has 0 saturated carbocycles. The first-order valence-electron chi connectivity index (χ1n) is 9.42. The van der Waals surface area contributed by atoms with Crippen LogP contribution in [0.25, 0.3) is 0 Å². The maximum Gasteiger partial charge on any atom is 0.416 e. The number of amides is 2. The van der Waals surface area contributed by atoms with Crippen molar-refractivity contribution in [1.82, 2.24) is 10.6 Å². The topological polar surface area (TPSA) is 135 Å². The molecule has 2 amide bonds. The highest BCUT2D eigenvalue weighted by Crippen LogP contribution is 2.29. The van der Waals surface area contributed by atoms with Gasteiger partial charge in [0.25, 0.3) is 5.91 Å². The van der Waals surface area contributed by atoms with Gasteiger partial charge in [0.2, 0.25) is 11.9 Å². The zero-order chi connectivity index (χ0) is 24.8. The number of carbonyl (C=O) groups excluding carboxylic acids is 2. The highest BCUT2D eigenvalue weighted by molar-refractivity contribution is 6.33. The first-order valence-corrected chi connectivity index (χ1v) is 9.79. The normalized spacial score (nSPS) is 13.8. The van der Waals surface area contributed by atoms with E-state index in [4.69, 9.17) is 23.1 Å². The predicted octanol–water partition coefficient (Wildman–Crippen LogP) is 2.44. The summed E-state index contributed by atoms with van der Waals surface area (Å²) in [7, 11) is 1.39. The number of hydrogen-bond donors (Lipinski definition) is 5. The summed E-state index contributed by atoms with van der Waals surface area (Å²) in [6.07, 6.45) is -5.72. The molecule has 2 unspecified atom stereocenters. The van der Waals surface area contributed by atoms with Gasteiger partial charge in [-0.05, 0) is 42.5 Å². The van der Waals surface area contributed by atoms with Crippen LogP contribution in [0.4, 0.5) is 23.2 Å². The maximum absolute atomic E-state index is 13.3. The summed E-state index contributed by atoms with van der Waals surface area (Å²) in [5.41, 5.74) is 10.8. The number of benzene rings is 2. The van der Waals surface area contributed by atoms with E-state index in [0.717, 1.165) is 36.4 Å². The molecule has 2 aromatic carbocycles. The number of halogens is 5. The largest absolute Gasteiger partial charge is 0.416 e. The van der Waals surface area contributed by atoms with Crippen LogP contribution < -0.4 is 27.4 Å². The molecule has 0 spiro atoms. The highest BCUT2D eigenvalue weighted by atomic mass is 35.5. The number of nitrogens with zero attached hydrogens (tertiary/aromatic N) is 1. The molecule has 0 fully saturated rings. The third kappa shape index (κ3) is 7.70. The maximum atomic E-state index is 13.3. The zero-order valence-electron chi connectivity index (χ0n) is 17.2. The summed E-state index contributed by atoms with van der Waals surface area (Å²) in [6, 6.07) is 5.89. The Bertz CT molecular complexity index is 1030. The molecule has 0 saturated heterocycles. The van der Waals surface area contributed by atoms with E-state index in [1.54, 1.807) is 0 Å². The molecule has 13 heteroatoms. The summed E-state index contributed by atoms with van der Waals surface area (Å²) in [5, 5.41) is 7.37. The second kappa shape index (κ2) is 11.1. The molecule has 0 aliphatic carbocycles. The number of nitrogens with two attached hydrogens (primary N) is 2. The molecule has 0 aliphatic heterocycles. The van der Waals surface area contributed by atoms with Crippen LogP contribution in [-0.2, 0) is 11.0 Å². The van der Waals surface area contributed by atoms with Crippen molar-refractivity contribution in [1.29, 1.82) is 0 Å². The molecule has 33 heavy (non-hydrogen) atoms. The molecule has 8 nitrogen and oxygen atoms in total.